The summed E-state index contributed by atoms with van der Waals surface area (Å²) in [5.41, 5.74) is 1.25. The molecule has 1 nitrogen and oxygen atoms in total. The van der Waals surface area contributed by atoms with E-state index in [9.17, 15) is 0 Å². The summed E-state index contributed by atoms with van der Waals surface area (Å²) in [4.78, 5) is 0. The van der Waals surface area contributed by atoms with E-state index in [0.29, 0.717) is 6.04 Å². The molecule has 1 rings (SSSR count). The zero-order valence-electron chi connectivity index (χ0n) is 11.2. The lowest BCUT2D eigenvalue weighted by Crippen LogP contribution is -2.30. The molecule has 1 aromatic rings. The van der Waals surface area contributed by atoms with Gasteiger partial charge in [-0.1, -0.05) is 56.5 Å². The number of likely N-dealkylation sites (N-methyl/N-ethyl adjacent to an activating group) is 1. The second kappa shape index (κ2) is 7.73. The van der Waals surface area contributed by atoms with Gasteiger partial charge in [0.2, 0.25) is 0 Å². The van der Waals surface area contributed by atoms with Gasteiger partial charge in [0.05, 0.1) is 0 Å². The quantitative estimate of drug-likeness (QED) is 0.764. The minimum Gasteiger partial charge on any atom is -0.317 e. The van der Waals surface area contributed by atoms with Gasteiger partial charge in [0.1, 0.15) is 0 Å². The number of benzene rings is 1. The van der Waals surface area contributed by atoms with Gasteiger partial charge in [0, 0.05) is 11.1 Å². The van der Waals surface area contributed by atoms with Crippen LogP contribution in [0.2, 0.25) is 5.02 Å². The van der Waals surface area contributed by atoms with Crippen molar-refractivity contribution in [3.63, 3.8) is 0 Å². The Morgan fingerprint density at radius 1 is 1.18 bits per heavy atom. The summed E-state index contributed by atoms with van der Waals surface area (Å²) in [7, 11) is 2.05. The van der Waals surface area contributed by atoms with Gasteiger partial charge in [-0.3, -0.25) is 0 Å². The van der Waals surface area contributed by atoms with E-state index in [2.05, 4.69) is 31.3 Å². The van der Waals surface area contributed by atoms with Crippen molar-refractivity contribution < 1.29 is 0 Å². The van der Waals surface area contributed by atoms with Crippen LogP contribution in [0.3, 0.4) is 0 Å². The molecular formula is C15H24ClN. The Morgan fingerprint density at radius 2 is 1.82 bits per heavy atom. The van der Waals surface area contributed by atoms with Crippen molar-refractivity contribution in [1.82, 2.24) is 5.32 Å². The summed E-state index contributed by atoms with van der Waals surface area (Å²) in [6, 6.07) is 8.67. The van der Waals surface area contributed by atoms with Gasteiger partial charge in [-0.15, -0.1) is 0 Å². The second-order valence-electron chi connectivity index (χ2n) is 4.70. The van der Waals surface area contributed by atoms with E-state index >= 15 is 0 Å². The lowest BCUT2D eigenvalue weighted by molar-refractivity contribution is 0.377. The first-order chi connectivity index (χ1) is 8.21. The van der Waals surface area contributed by atoms with Crippen LogP contribution < -0.4 is 5.32 Å². The van der Waals surface area contributed by atoms with Crippen LogP contribution in [-0.2, 0) is 6.42 Å². The van der Waals surface area contributed by atoms with Crippen LogP contribution in [0.25, 0.3) is 0 Å². The monoisotopic (exact) mass is 253 g/mol. The second-order valence-corrected chi connectivity index (χ2v) is 5.11. The topological polar surface area (TPSA) is 12.0 Å². The van der Waals surface area contributed by atoms with Crippen molar-refractivity contribution in [3.8, 4) is 0 Å². The third-order valence-electron chi connectivity index (χ3n) is 3.60. The van der Waals surface area contributed by atoms with Crippen LogP contribution in [0.4, 0.5) is 0 Å². The average molecular weight is 254 g/mol. The summed E-state index contributed by atoms with van der Waals surface area (Å²) >= 11 is 6.20. The highest BCUT2D eigenvalue weighted by atomic mass is 35.5. The summed E-state index contributed by atoms with van der Waals surface area (Å²) in [6.45, 7) is 4.55. The lowest BCUT2D eigenvalue weighted by atomic mass is 9.91. The fraction of sp³-hybridized carbons (Fsp3) is 0.600. The Kier molecular flexibility index (Phi) is 6.61. The first-order valence-electron chi connectivity index (χ1n) is 6.61. The molecule has 0 heterocycles. The molecule has 0 aromatic heterocycles. The Bertz CT molecular complexity index is 320. The van der Waals surface area contributed by atoms with Crippen LogP contribution in [0.1, 0.15) is 38.7 Å². The van der Waals surface area contributed by atoms with Gasteiger partial charge in [-0.2, -0.15) is 0 Å². The largest absolute Gasteiger partial charge is 0.317 e. The van der Waals surface area contributed by atoms with Crippen LogP contribution >= 0.6 is 11.6 Å². The van der Waals surface area contributed by atoms with E-state index in [1.165, 1.54) is 24.8 Å². The predicted molar refractivity (Wildman–Crippen MR) is 76.7 cm³/mol. The number of nitrogens with one attached hydrogen (secondary N) is 1. The number of halogens is 1. The minimum absolute atomic E-state index is 0.528. The normalized spacial score (nSPS) is 13.0. The molecule has 1 atom stereocenters. The third-order valence-corrected chi connectivity index (χ3v) is 3.97. The Hall–Kier alpha value is -0.530. The van der Waals surface area contributed by atoms with Gasteiger partial charge >= 0.3 is 0 Å². The zero-order valence-corrected chi connectivity index (χ0v) is 11.9. The summed E-state index contributed by atoms with van der Waals surface area (Å²) < 4.78 is 0. The van der Waals surface area contributed by atoms with Crippen LogP contribution in [-0.4, -0.2) is 13.1 Å². The molecular weight excluding hydrogens is 230 g/mol. The molecule has 0 aliphatic carbocycles. The highest BCUT2D eigenvalue weighted by Crippen LogP contribution is 2.21. The molecule has 0 spiro atoms. The van der Waals surface area contributed by atoms with E-state index in [1.807, 2.05) is 19.2 Å². The van der Waals surface area contributed by atoms with Crippen molar-refractivity contribution in [2.24, 2.45) is 5.92 Å². The van der Waals surface area contributed by atoms with Crippen molar-refractivity contribution in [3.05, 3.63) is 34.9 Å². The fourth-order valence-electron chi connectivity index (χ4n) is 2.26. The smallest absolute Gasteiger partial charge is 0.0438 e. The lowest BCUT2D eigenvalue weighted by Gasteiger charge is -2.22. The van der Waals surface area contributed by atoms with E-state index < -0.39 is 0 Å². The SMILES string of the molecule is CCC(CC)CC(Cc1ccccc1Cl)NC. The van der Waals surface area contributed by atoms with E-state index in [0.717, 1.165) is 17.4 Å². The van der Waals surface area contributed by atoms with Crippen LogP contribution in [0.15, 0.2) is 24.3 Å². The van der Waals surface area contributed by atoms with Gasteiger partial charge in [-0.25, -0.2) is 0 Å². The van der Waals surface area contributed by atoms with Gasteiger partial charge in [0.25, 0.3) is 0 Å². The molecule has 0 aliphatic rings. The highest BCUT2D eigenvalue weighted by molar-refractivity contribution is 6.31. The van der Waals surface area contributed by atoms with Crippen molar-refractivity contribution >= 4 is 11.6 Å². The van der Waals surface area contributed by atoms with Crippen molar-refractivity contribution in [1.29, 1.82) is 0 Å². The summed E-state index contributed by atoms with van der Waals surface area (Å²) in [5, 5.41) is 4.30. The molecule has 0 fully saturated rings. The Morgan fingerprint density at radius 3 is 2.35 bits per heavy atom. The zero-order chi connectivity index (χ0) is 12.7. The van der Waals surface area contributed by atoms with Gasteiger partial charge < -0.3 is 5.32 Å². The Balaban J connectivity index is 2.61. The standard InChI is InChI=1S/C15H24ClN/c1-4-12(5-2)10-14(17-3)11-13-8-6-7-9-15(13)16/h6-9,12,14,17H,4-5,10-11H2,1-3H3. The highest BCUT2D eigenvalue weighted by Gasteiger charge is 2.14. The summed E-state index contributed by atoms with van der Waals surface area (Å²) in [6.07, 6.45) is 4.77. The van der Waals surface area contributed by atoms with E-state index in [1.54, 1.807) is 0 Å². The van der Waals surface area contributed by atoms with Crippen LogP contribution in [0.5, 0.6) is 0 Å². The number of hydrogen-bond acceptors (Lipinski definition) is 1. The molecule has 17 heavy (non-hydrogen) atoms. The molecule has 0 radical (unpaired) electrons. The molecule has 0 aliphatic heterocycles. The average Bonchev–Trinajstić information content (AvgIpc) is 2.36. The van der Waals surface area contributed by atoms with Gasteiger partial charge in [-0.05, 0) is 37.4 Å². The molecule has 2 heteroatoms. The fourth-order valence-corrected chi connectivity index (χ4v) is 2.47. The van der Waals surface area contributed by atoms with Crippen molar-refractivity contribution in [2.45, 2.75) is 45.6 Å². The molecule has 0 amide bonds. The molecule has 1 N–H and O–H groups in total. The molecule has 1 unspecified atom stereocenters. The van der Waals surface area contributed by atoms with E-state index in [-0.39, 0.29) is 0 Å². The van der Waals surface area contributed by atoms with Crippen molar-refractivity contribution in [2.75, 3.05) is 7.05 Å². The predicted octanol–water partition coefficient (Wildman–Crippen LogP) is 4.30. The summed E-state index contributed by atoms with van der Waals surface area (Å²) in [5.74, 6) is 0.815. The molecule has 96 valence electrons. The number of rotatable bonds is 7. The third kappa shape index (κ3) is 4.69. The first-order valence-corrected chi connectivity index (χ1v) is 6.99. The molecule has 1 aromatic carbocycles. The molecule has 0 saturated carbocycles. The maximum Gasteiger partial charge on any atom is 0.0438 e. The molecule has 0 saturated heterocycles. The number of hydrogen-bond donors (Lipinski definition) is 1. The Labute approximate surface area is 111 Å². The minimum atomic E-state index is 0.528. The molecule has 0 bridgehead atoms. The van der Waals surface area contributed by atoms with E-state index in [4.69, 9.17) is 11.6 Å². The maximum atomic E-state index is 6.20. The maximum absolute atomic E-state index is 6.20. The first kappa shape index (κ1) is 14.5. The van der Waals surface area contributed by atoms with Crippen LogP contribution in [0, 0.1) is 5.92 Å². The van der Waals surface area contributed by atoms with Gasteiger partial charge in [0.15, 0.2) is 0 Å².